The van der Waals surface area contributed by atoms with E-state index < -0.39 is 29.4 Å². The molecular formula is C23H20F3N3O2. The summed E-state index contributed by atoms with van der Waals surface area (Å²) >= 11 is 0. The number of carbonyl (C=O) groups is 1. The summed E-state index contributed by atoms with van der Waals surface area (Å²) in [6.07, 6.45) is 0.509. The first-order chi connectivity index (χ1) is 14.8. The highest BCUT2D eigenvalue weighted by Gasteiger charge is 2.47. The quantitative estimate of drug-likeness (QED) is 0.708. The van der Waals surface area contributed by atoms with Crippen LogP contribution in [0.25, 0.3) is 0 Å². The van der Waals surface area contributed by atoms with Gasteiger partial charge in [0.05, 0.1) is 35.9 Å². The number of alkyl halides is 3. The van der Waals surface area contributed by atoms with Gasteiger partial charge in [0.25, 0.3) is 0 Å². The number of hydrogen-bond acceptors (Lipinski definition) is 3. The van der Waals surface area contributed by atoms with Crippen molar-refractivity contribution in [2.75, 3.05) is 9.80 Å². The second-order valence-electron chi connectivity index (χ2n) is 7.69. The standard InChI is InChI=1S/C23H20F3N3O2/c1-14-10-17(9-7-16(14)13-30)28-20-4-2-3-5-21(20)29(22(28)31)18-8-6-15(12-27)19(11-18)23(24,25)26/h3,5-11,20-21,30H,2,4,13H2,1H3/t20-,21-/m0/s1. The van der Waals surface area contributed by atoms with Crippen LogP contribution in [0.5, 0.6) is 0 Å². The van der Waals surface area contributed by atoms with Gasteiger partial charge in [-0.1, -0.05) is 18.2 Å². The number of allylic oxidation sites excluding steroid dienone is 1. The van der Waals surface area contributed by atoms with Gasteiger partial charge in [0.1, 0.15) is 0 Å². The van der Waals surface area contributed by atoms with Gasteiger partial charge in [-0.05, 0) is 61.2 Å². The van der Waals surface area contributed by atoms with Gasteiger partial charge in [-0.2, -0.15) is 18.4 Å². The van der Waals surface area contributed by atoms with Crippen LogP contribution in [-0.2, 0) is 12.8 Å². The molecule has 160 valence electrons. The number of aliphatic hydroxyl groups excluding tert-OH is 1. The molecule has 0 radical (unpaired) electrons. The predicted molar refractivity (Wildman–Crippen MR) is 110 cm³/mol. The lowest BCUT2D eigenvalue weighted by atomic mass is 9.95. The molecule has 8 heteroatoms. The van der Waals surface area contributed by atoms with Gasteiger partial charge in [0, 0.05) is 11.4 Å². The maximum absolute atomic E-state index is 13.5. The first-order valence-electron chi connectivity index (χ1n) is 9.87. The van der Waals surface area contributed by atoms with Crippen molar-refractivity contribution in [3.05, 3.63) is 70.8 Å². The number of aliphatic hydroxyl groups is 1. The van der Waals surface area contributed by atoms with E-state index in [4.69, 9.17) is 5.26 Å². The monoisotopic (exact) mass is 427 g/mol. The van der Waals surface area contributed by atoms with E-state index in [1.165, 1.54) is 11.0 Å². The van der Waals surface area contributed by atoms with Crippen LogP contribution >= 0.6 is 0 Å². The third-order valence-electron chi connectivity index (χ3n) is 5.88. The van der Waals surface area contributed by atoms with Crippen LogP contribution < -0.4 is 9.80 Å². The number of anilines is 2. The van der Waals surface area contributed by atoms with Crippen molar-refractivity contribution in [3.8, 4) is 6.07 Å². The Balaban J connectivity index is 1.80. The maximum Gasteiger partial charge on any atom is 0.417 e. The number of fused-ring (bicyclic) bond motifs is 1. The summed E-state index contributed by atoms with van der Waals surface area (Å²) < 4.78 is 40.5. The summed E-state index contributed by atoms with van der Waals surface area (Å²) in [6, 6.07) is 9.16. The maximum atomic E-state index is 13.5. The first-order valence-corrected chi connectivity index (χ1v) is 9.87. The fourth-order valence-electron chi connectivity index (χ4n) is 4.33. The van der Waals surface area contributed by atoms with E-state index in [-0.39, 0.29) is 18.3 Å². The molecule has 2 aromatic rings. The van der Waals surface area contributed by atoms with E-state index in [1.54, 1.807) is 23.1 Å². The Morgan fingerprint density at radius 2 is 1.87 bits per heavy atom. The lowest BCUT2D eigenvalue weighted by Gasteiger charge is -2.28. The van der Waals surface area contributed by atoms with Crippen molar-refractivity contribution < 1.29 is 23.1 Å². The summed E-state index contributed by atoms with van der Waals surface area (Å²) in [5, 5.41) is 18.5. The molecule has 0 saturated carbocycles. The van der Waals surface area contributed by atoms with Crippen molar-refractivity contribution in [2.45, 2.75) is 44.6 Å². The van der Waals surface area contributed by atoms with E-state index >= 15 is 0 Å². The fraction of sp³-hybridized carbons (Fsp3) is 0.304. The normalized spacial score (nSPS) is 20.7. The summed E-state index contributed by atoms with van der Waals surface area (Å²) in [7, 11) is 0. The third-order valence-corrected chi connectivity index (χ3v) is 5.88. The van der Waals surface area contributed by atoms with Gasteiger partial charge >= 0.3 is 12.2 Å². The van der Waals surface area contributed by atoms with Crippen molar-refractivity contribution >= 4 is 17.4 Å². The second-order valence-corrected chi connectivity index (χ2v) is 7.69. The first kappa shape index (κ1) is 20.9. The highest BCUT2D eigenvalue weighted by atomic mass is 19.4. The number of carbonyl (C=O) groups excluding carboxylic acids is 1. The Bertz CT molecular complexity index is 1100. The van der Waals surface area contributed by atoms with Gasteiger partial charge in [-0.15, -0.1) is 0 Å². The number of rotatable bonds is 3. The zero-order valence-electron chi connectivity index (χ0n) is 16.7. The Morgan fingerprint density at radius 3 is 2.52 bits per heavy atom. The van der Waals surface area contributed by atoms with Crippen LogP contribution in [-0.4, -0.2) is 23.2 Å². The van der Waals surface area contributed by atoms with Crippen LogP contribution in [0.3, 0.4) is 0 Å². The molecule has 1 saturated heterocycles. The molecule has 1 heterocycles. The average Bonchev–Trinajstić information content (AvgIpc) is 3.04. The summed E-state index contributed by atoms with van der Waals surface area (Å²) in [5.41, 5.74) is 0.770. The van der Waals surface area contributed by atoms with Crippen LogP contribution in [0.2, 0.25) is 0 Å². The van der Waals surface area contributed by atoms with Crippen LogP contribution in [0.1, 0.15) is 35.1 Å². The van der Waals surface area contributed by atoms with Gasteiger partial charge in [-0.25, -0.2) is 4.79 Å². The largest absolute Gasteiger partial charge is 0.417 e. The van der Waals surface area contributed by atoms with Gasteiger partial charge in [0.2, 0.25) is 0 Å². The third kappa shape index (κ3) is 3.55. The van der Waals surface area contributed by atoms with Gasteiger partial charge < -0.3 is 5.11 Å². The molecule has 4 rings (SSSR count). The van der Waals surface area contributed by atoms with E-state index in [1.807, 2.05) is 25.1 Å². The molecule has 2 atom stereocenters. The zero-order valence-corrected chi connectivity index (χ0v) is 16.7. The van der Waals surface area contributed by atoms with E-state index in [0.29, 0.717) is 12.1 Å². The number of nitriles is 1. The molecule has 0 aromatic heterocycles. The molecule has 0 spiro atoms. The zero-order chi connectivity index (χ0) is 22.3. The van der Waals surface area contributed by atoms with E-state index in [9.17, 15) is 23.1 Å². The summed E-state index contributed by atoms with van der Waals surface area (Å²) in [5.74, 6) is 0. The van der Waals surface area contributed by atoms with Crippen LogP contribution in [0.4, 0.5) is 29.3 Å². The molecule has 2 aliphatic rings. The molecule has 0 bridgehead atoms. The predicted octanol–water partition coefficient (Wildman–Crippen LogP) is 4.91. The molecule has 1 aliphatic heterocycles. The van der Waals surface area contributed by atoms with Crippen molar-refractivity contribution in [1.82, 2.24) is 0 Å². The highest BCUT2D eigenvalue weighted by molar-refractivity contribution is 6.08. The Hall–Kier alpha value is -3.31. The number of amides is 2. The molecule has 2 amide bonds. The Kier molecular flexibility index (Phi) is 5.23. The number of aryl methyl sites for hydroxylation is 1. The van der Waals surface area contributed by atoms with Gasteiger partial charge in [0.15, 0.2) is 0 Å². The van der Waals surface area contributed by atoms with Gasteiger partial charge in [-0.3, -0.25) is 9.80 Å². The van der Waals surface area contributed by atoms with Crippen LogP contribution in [0.15, 0.2) is 48.6 Å². The molecular weight excluding hydrogens is 407 g/mol. The topological polar surface area (TPSA) is 67.6 Å². The number of hydrogen-bond donors (Lipinski definition) is 1. The average molecular weight is 427 g/mol. The lowest BCUT2D eigenvalue weighted by molar-refractivity contribution is -0.137. The number of halogens is 3. The van der Waals surface area contributed by atoms with E-state index in [0.717, 1.165) is 29.7 Å². The molecule has 1 aliphatic carbocycles. The second kappa shape index (κ2) is 7.75. The molecule has 1 fully saturated rings. The van der Waals surface area contributed by atoms with E-state index in [2.05, 4.69) is 0 Å². The number of benzene rings is 2. The SMILES string of the molecule is Cc1cc(N2C(=O)N(c3ccc(C#N)c(C(F)(F)F)c3)[C@H]3C=CCC[C@@H]32)ccc1CO. The van der Waals surface area contributed by atoms with Crippen molar-refractivity contribution in [2.24, 2.45) is 0 Å². The molecule has 2 aromatic carbocycles. The Labute approximate surface area is 177 Å². The van der Waals surface area contributed by atoms with Crippen molar-refractivity contribution in [1.29, 1.82) is 5.26 Å². The number of nitrogens with zero attached hydrogens (tertiary/aromatic N) is 3. The Morgan fingerprint density at radius 1 is 1.16 bits per heavy atom. The fourth-order valence-corrected chi connectivity index (χ4v) is 4.33. The minimum Gasteiger partial charge on any atom is -0.392 e. The highest BCUT2D eigenvalue weighted by Crippen LogP contribution is 2.40. The molecule has 31 heavy (non-hydrogen) atoms. The number of urea groups is 1. The minimum absolute atomic E-state index is 0.101. The smallest absolute Gasteiger partial charge is 0.392 e. The van der Waals surface area contributed by atoms with Crippen LogP contribution in [0, 0.1) is 18.3 Å². The minimum atomic E-state index is -4.71. The van der Waals surface area contributed by atoms with Crippen molar-refractivity contribution in [3.63, 3.8) is 0 Å². The molecule has 5 nitrogen and oxygen atoms in total. The lowest BCUT2D eigenvalue weighted by Crippen LogP contribution is -2.37. The molecule has 1 N–H and O–H groups in total. The molecule has 0 unspecified atom stereocenters. The summed E-state index contributed by atoms with van der Waals surface area (Å²) in [4.78, 5) is 16.5. The summed E-state index contributed by atoms with van der Waals surface area (Å²) in [6.45, 7) is 1.72.